The SMILES string of the molecule is Cc1nc2ccc(C(=O)Nc3cccc(Cl)c3)nn2c1C. The molecule has 1 aromatic carbocycles. The molecule has 0 spiro atoms. The van der Waals surface area contributed by atoms with Gasteiger partial charge in [-0.3, -0.25) is 4.79 Å². The van der Waals surface area contributed by atoms with Crippen molar-refractivity contribution < 1.29 is 4.79 Å². The Balaban J connectivity index is 1.92. The van der Waals surface area contributed by atoms with Gasteiger partial charge in [0.2, 0.25) is 0 Å². The van der Waals surface area contributed by atoms with Crippen LogP contribution in [-0.4, -0.2) is 20.5 Å². The molecule has 106 valence electrons. The fraction of sp³-hybridized carbons (Fsp3) is 0.133. The van der Waals surface area contributed by atoms with Gasteiger partial charge in [0.15, 0.2) is 5.65 Å². The highest BCUT2D eigenvalue weighted by molar-refractivity contribution is 6.30. The Kier molecular flexibility index (Phi) is 3.35. The number of rotatable bonds is 2. The first-order valence-corrected chi connectivity index (χ1v) is 6.82. The van der Waals surface area contributed by atoms with Crippen LogP contribution in [0.5, 0.6) is 0 Å². The number of hydrogen-bond donors (Lipinski definition) is 1. The normalized spacial score (nSPS) is 10.8. The van der Waals surface area contributed by atoms with E-state index in [2.05, 4.69) is 15.4 Å². The van der Waals surface area contributed by atoms with Crippen LogP contribution in [0.1, 0.15) is 21.9 Å². The summed E-state index contributed by atoms with van der Waals surface area (Å²) in [4.78, 5) is 16.6. The monoisotopic (exact) mass is 300 g/mol. The number of nitrogens with zero attached hydrogens (tertiary/aromatic N) is 3. The van der Waals surface area contributed by atoms with Gasteiger partial charge in [0.1, 0.15) is 5.69 Å². The lowest BCUT2D eigenvalue weighted by Crippen LogP contribution is -2.15. The van der Waals surface area contributed by atoms with Crippen LogP contribution in [0, 0.1) is 13.8 Å². The smallest absolute Gasteiger partial charge is 0.276 e. The molecular formula is C15H13ClN4O. The number of amides is 1. The molecule has 0 bridgehead atoms. The third-order valence-corrected chi connectivity index (χ3v) is 3.49. The topological polar surface area (TPSA) is 59.3 Å². The van der Waals surface area contributed by atoms with Crippen molar-refractivity contribution >= 4 is 28.8 Å². The Hall–Kier alpha value is -2.40. The average Bonchev–Trinajstić information content (AvgIpc) is 2.74. The maximum absolute atomic E-state index is 12.2. The van der Waals surface area contributed by atoms with Gasteiger partial charge >= 0.3 is 0 Å². The summed E-state index contributed by atoms with van der Waals surface area (Å²) in [6, 6.07) is 10.4. The second-order valence-corrected chi connectivity index (χ2v) is 5.17. The van der Waals surface area contributed by atoms with Crippen LogP contribution in [0.15, 0.2) is 36.4 Å². The minimum absolute atomic E-state index is 0.287. The van der Waals surface area contributed by atoms with Gasteiger partial charge in [-0.15, -0.1) is 0 Å². The van der Waals surface area contributed by atoms with E-state index in [1.165, 1.54) is 0 Å². The zero-order chi connectivity index (χ0) is 15.0. The number of nitrogens with one attached hydrogen (secondary N) is 1. The van der Waals surface area contributed by atoms with Crippen LogP contribution in [0.2, 0.25) is 5.02 Å². The van der Waals surface area contributed by atoms with E-state index in [-0.39, 0.29) is 5.91 Å². The van der Waals surface area contributed by atoms with E-state index in [1.807, 2.05) is 13.8 Å². The summed E-state index contributed by atoms with van der Waals surface area (Å²) in [5, 5.41) is 7.66. The van der Waals surface area contributed by atoms with E-state index < -0.39 is 0 Å². The summed E-state index contributed by atoms with van der Waals surface area (Å²) < 4.78 is 1.67. The maximum Gasteiger partial charge on any atom is 0.276 e. The van der Waals surface area contributed by atoms with Gasteiger partial charge in [-0.2, -0.15) is 5.10 Å². The summed E-state index contributed by atoms with van der Waals surface area (Å²) in [5.74, 6) is -0.287. The summed E-state index contributed by atoms with van der Waals surface area (Å²) in [7, 11) is 0. The number of anilines is 1. The number of halogens is 1. The third kappa shape index (κ3) is 2.60. The number of carbonyl (C=O) groups is 1. The first-order valence-electron chi connectivity index (χ1n) is 6.44. The first-order chi connectivity index (χ1) is 10.0. The lowest BCUT2D eigenvalue weighted by molar-refractivity contribution is 0.102. The van der Waals surface area contributed by atoms with Crippen LogP contribution >= 0.6 is 11.6 Å². The Morgan fingerprint density at radius 2 is 2.05 bits per heavy atom. The van der Waals surface area contributed by atoms with E-state index >= 15 is 0 Å². The minimum atomic E-state index is -0.287. The van der Waals surface area contributed by atoms with Crippen molar-refractivity contribution in [2.75, 3.05) is 5.32 Å². The van der Waals surface area contributed by atoms with Crippen LogP contribution in [0.4, 0.5) is 5.69 Å². The van der Waals surface area contributed by atoms with Crippen molar-refractivity contribution in [3.8, 4) is 0 Å². The lowest BCUT2D eigenvalue weighted by Gasteiger charge is -2.05. The quantitative estimate of drug-likeness (QED) is 0.790. The number of imidazole rings is 1. The Morgan fingerprint density at radius 3 is 2.81 bits per heavy atom. The van der Waals surface area contributed by atoms with Gasteiger partial charge < -0.3 is 5.32 Å². The van der Waals surface area contributed by atoms with Crippen LogP contribution < -0.4 is 5.32 Å². The third-order valence-electron chi connectivity index (χ3n) is 3.25. The minimum Gasteiger partial charge on any atom is -0.321 e. The highest BCUT2D eigenvalue weighted by Crippen LogP contribution is 2.16. The number of benzene rings is 1. The Bertz CT molecular complexity index is 841. The molecule has 0 fully saturated rings. The second-order valence-electron chi connectivity index (χ2n) is 4.74. The van der Waals surface area contributed by atoms with Gasteiger partial charge in [-0.25, -0.2) is 9.50 Å². The molecule has 1 N–H and O–H groups in total. The fourth-order valence-corrected chi connectivity index (χ4v) is 2.23. The highest BCUT2D eigenvalue weighted by Gasteiger charge is 2.12. The summed E-state index contributed by atoms with van der Waals surface area (Å²) in [6.45, 7) is 3.83. The maximum atomic E-state index is 12.2. The molecule has 21 heavy (non-hydrogen) atoms. The molecule has 2 aromatic heterocycles. The molecule has 0 aliphatic rings. The summed E-state index contributed by atoms with van der Waals surface area (Å²) >= 11 is 5.90. The summed E-state index contributed by atoms with van der Waals surface area (Å²) in [5.41, 5.74) is 3.50. The molecule has 2 heterocycles. The highest BCUT2D eigenvalue weighted by atomic mass is 35.5. The standard InChI is InChI=1S/C15H13ClN4O/c1-9-10(2)20-14(17-9)7-6-13(19-20)15(21)18-12-5-3-4-11(16)8-12/h3-8H,1-2H3,(H,18,21). The molecule has 0 aliphatic carbocycles. The average molecular weight is 301 g/mol. The van der Waals surface area contributed by atoms with Gasteiger partial charge in [-0.1, -0.05) is 17.7 Å². The number of carbonyl (C=O) groups excluding carboxylic acids is 1. The Labute approximate surface area is 126 Å². The number of aryl methyl sites for hydroxylation is 2. The molecule has 1 amide bonds. The first kappa shape index (κ1) is 13.6. The molecule has 0 saturated carbocycles. The van der Waals surface area contributed by atoms with Crippen LogP contribution in [0.25, 0.3) is 5.65 Å². The molecule has 3 aromatic rings. The van der Waals surface area contributed by atoms with Gasteiger partial charge in [-0.05, 0) is 44.2 Å². The van der Waals surface area contributed by atoms with Crippen LogP contribution in [0.3, 0.4) is 0 Å². The largest absolute Gasteiger partial charge is 0.321 e. The molecule has 0 unspecified atom stereocenters. The lowest BCUT2D eigenvalue weighted by atomic mass is 10.3. The number of aromatic nitrogens is 3. The molecule has 0 saturated heterocycles. The molecule has 5 nitrogen and oxygen atoms in total. The number of hydrogen-bond acceptors (Lipinski definition) is 3. The fourth-order valence-electron chi connectivity index (χ4n) is 2.04. The molecule has 6 heteroatoms. The van der Waals surface area contributed by atoms with E-state index in [9.17, 15) is 4.79 Å². The molecular weight excluding hydrogens is 288 g/mol. The van der Waals surface area contributed by atoms with E-state index in [1.54, 1.807) is 40.9 Å². The summed E-state index contributed by atoms with van der Waals surface area (Å²) in [6.07, 6.45) is 0. The molecule has 3 rings (SSSR count). The van der Waals surface area contributed by atoms with Crippen molar-refractivity contribution in [2.45, 2.75) is 13.8 Å². The molecule has 0 radical (unpaired) electrons. The Morgan fingerprint density at radius 1 is 1.24 bits per heavy atom. The van der Waals surface area contributed by atoms with E-state index in [0.717, 1.165) is 17.0 Å². The van der Waals surface area contributed by atoms with E-state index in [4.69, 9.17) is 11.6 Å². The van der Waals surface area contributed by atoms with Crippen molar-refractivity contribution in [3.05, 3.63) is 58.5 Å². The molecule has 0 aliphatic heterocycles. The zero-order valence-electron chi connectivity index (χ0n) is 11.6. The van der Waals surface area contributed by atoms with Crippen molar-refractivity contribution in [1.82, 2.24) is 14.6 Å². The van der Waals surface area contributed by atoms with Gasteiger partial charge in [0.25, 0.3) is 5.91 Å². The van der Waals surface area contributed by atoms with Crippen molar-refractivity contribution in [3.63, 3.8) is 0 Å². The molecule has 0 atom stereocenters. The van der Waals surface area contributed by atoms with E-state index in [0.29, 0.717) is 16.4 Å². The van der Waals surface area contributed by atoms with Crippen molar-refractivity contribution in [2.24, 2.45) is 0 Å². The van der Waals surface area contributed by atoms with Gasteiger partial charge in [0, 0.05) is 10.7 Å². The van der Waals surface area contributed by atoms with Gasteiger partial charge in [0.05, 0.1) is 11.4 Å². The predicted molar refractivity (Wildman–Crippen MR) is 81.9 cm³/mol. The second kappa shape index (κ2) is 5.18. The predicted octanol–water partition coefficient (Wildman–Crippen LogP) is 3.25. The van der Waals surface area contributed by atoms with Crippen molar-refractivity contribution in [1.29, 1.82) is 0 Å². The zero-order valence-corrected chi connectivity index (χ0v) is 12.3. The van der Waals surface area contributed by atoms with Crippen LogP contribution in [-0.2, 0) is 0 Å². The number of fused-ring (bicyclic) bond motifs is 1.